The fourth-order valence-electron chi connectivity index (χ4n) is 3.61. The lowest BCUT2D eigenvalue weighted by molar-refractivity contribution is -0.119. The molecular formula is C22H25NO. The molecule has 1 aliphatic carbocycles. The third-order valence-corrected chi connectivity index (χ3v) is 5.13. The molecule has 0 fully saturated rings. The smallest absolute Gasteiger partial charge is 0.217 e. The summed E-state index contributed by atoms with van der Waals surface area (Å²) in [6, 6.07) is 15.0. The minimum atomic E-state index is -0.0462. The van der Waals surface area contributed by atoms with Gasteiger partial charge in [-0.3, -0.25) is 4.79 Å². The summed E-state index contributed by atoms with van der Waals surface area (Å²) in [5.41, 5.74) is 9.05. The van der Waals surface area contributed by atoms with Crippen molar-refractivity contribution < 1.29 is 4.79 Å². The number of rotatable bonds is 3. The molecule has 2 aromatic carbocycles. The number of hydrogen-bond acceptors (Lipinski definition) is 1. The Morgan fingerprint density at radius 1 is 1.00 bits per heavy atom. The number of fused-ring (bicyclic) bond motifs is 1. The minimum Gasteiger partial charge on any atom is -0.346 e. The average molecular weight is 319 g/mol. The summed E-state index contributed by atoms with van der Waals surface area (Å²) >= 11 is 0. The minimum absolute atomic E-state index is 0.0115. The Kier molecular flexibility index (Phi) is 4.57. The van der Waals surface area contributed by atoms with E-state index in [2.05, 4.69) is 68.6 Å². The van der Waals surface area contributed by atoms with E-state index in [1.807, 2.05) is 0 Å². The van der Waals surface area contributed by atoms with Crippen molar-refractivity contribution >= 4 is 11.5 Å². The maximum absolute atomic E-state index is 11.8. The molecule has 0 aromatic heterocycles. The van der Waals surface area contributed by atoms with Crippen LogP contribution >= 0.6 is 0 Å². The largest absolute Gasteiger partial charge is 0.346 e. The lowest BCUT2D eigenvalue weighted by atomic mass is 9.81. The van der Waals surface area contributed by atoms with Crippen LogP contribution in [-0.4, -0.2) is 5.91 Å². The van der Waals surface area contributed by atoms with Gasteiger partial charge >= 0.3 is 0 Å². The molecule has 0 spiro atoms. The van der Waals surface area contributed by atoms with Gasteiger partial charge in [-0.15, -0.1) is 0 Å². The van der Waals surface area contributed by atoms with Gasteiger partial charge in [0.25, 0.3) is 0 Å². The van der Waals surface area contributed by atoms with Gasteiger partial charge in [-0.2, -0.15) is 0 Å². The molecule has 1 unspecified atom stereocenters. The highest BCUT2D eigenvalue weighted by Gasteiger charge is 2.24. The first kappa shape index (κ1) is 16.5. The van der Waals surface area contributed by atoms with Crippen LogP contribution in [0.25, 0.3) is 5.57 Å². The molecule has 2 nitrogen and oxygen atoms in total. The molecule has 0 bridgehead atoms. The second-order valence-corrected chi connectivity index (χ2v) is 6.78. The number of carbonyl (C=O) groups excluding carboxylic acids is 1. The van der Waals surface area contributed by atoms with Gasteiger partial charge in [0.15, 0.2) is 0 Å². The van der Waals surface area contributed by atoms with E-state index in [0.717, 1.165) is 12.8 Å². The lowest BCUT2D eigenvalue weighted by Crippen LogP contribution is -2.29. The maximum atomic E-state index is 11.8. The SMILES string of the molecule is CC(=O)NC(C1=C(C)c2ccccc2CC1)c1ccc(C)c(C)c1. The van der Waals surface area contributed by atoms with Gasteiger partial charge in [-0.1, -0.05) is 42.5 Å². The number of allylic oxidation sites excluding steroid dienone is 1. The standard InChI is InChI=1S/C22H25NO/c1-14-9-10-19(13-15(14)2)22(23-17(4)24)21-12-11-18-7-5-6-8-20(18)16(21)3/h5-10,13,22H,11-12H2,1-4H3,(H,23,24). The normalized spacial score (nSPS) is 15.0. The molecule has 1 N–H and O–H groups in total. The molecule has 2 heteroatoms. The molecule has 124 valence electrons. The van der Waals surface area contributed by atoms with E-state index in [-0.39, 0.29) is 11.9 Å². The second-order valence-electron chi connectivity index (χ2n) is 6.78. The van der Waals surface area contributed by atoms with E-state index < -0.39 is 0 Å². The van der Waals surface area contributed by atoms with Crippen molar-refractivity contribution in [1.29, 1.82) is 0 Å². The van der Waals surface area contributed by atoms with Crippen molar-refractivity contribution in [1.82, 2.24) is 5.32 Å². The first-order valence-corrected chi connectivity index (χ1v) is 8.59. The van der Waals surface area contributed by atoms with Crippen LogP contribution in [0.2, 0.25) is 0 Å². The summed E-state index contributed by atoms with van der Waals surface area (Å²) in [7, 11) is 0. The van der Waals surface area contributed by atoms with Crippen LogP contribution < -0.4 is 5.32 Å². The van der Waals surface area contributed by atoms with Crippen LogP contribution in [0, 0.1) is 13.8 Å². The molecule has 1 amide bonds. The van der Waals surface area contributed by atoms with Gasteiger partial charge in [0.05, 0.1) is 6.04 Å². The predicted molar refractivity (Wildman–Crippen MR) is 99.8 cm³/mol. The Balaban J connectivity index is 2.09. The number of amides is 1. The van der Waals surface area contributed by atoms with Crippen LogP contribution in [0.5, 0.6) is 0 Å². The van der Waals surface area contributed by atoms with Gasteiger partial charge in [0.1, 0.15) is 0 Å². The predicted octanol–water partition coefficient (Wildman–Crippen LogP) is 4.90. The van der Waals surface area contributed by atoms with Gasteiger partial charge in [0, 0.05) is 6.92 Å². The topological polar surface area (TPSA) is 29.1 Å². The van der Waals surface area contributed by atoms with Gasteiger partial charge in [-0.25, -0.2) is 0 Å². The summed E-state index contributed by atoms with van der Waals surface area (Å²) in [6.07, 6.45) is 2.02. The molecule has 0 radical (unpaired) electrons. The van der Waals surface area contributed by atoms with Gasteiger partial charge in [0.2, 0.25) is 5.91 Å². The summed E-state index contributed by atoms with van der Waals surface area (Å²) < 4.78 is 0. The number of aryl methyl sites for hydroxylation is 3. The highest BCUT2D eigenvalue weighted by molar-refractivity contribution is 5.77. The Morgan fingerprint density at radius 2 is 1.75 bits per heavy atom. The van der Waals surface area contributed by atoms with Crippen LogP contribution in [0.1, 0.15) is 54.1 Å². The maximum Gasteiger partial charge on any atom is 0.217 e. The Bertz CT molecular complexity index is 816. The molecule has 1 atom stereocenters. The molecule has 1 aliphatic rings. The van der Waals surface area contributed by atoms with E-state index in [1.54, 1.807) is 6.92 Å². The van der Waals surface area contributed by atoms with Crippen molar-refractivity contribution in [2.75, 3.05) is 0 Å². The summed E-state index contributed by atoms with van der Waals surface area (Å²) in [5.74, 6) is 0.0115. The van der Waals surface area contributed by atoms with Crippen LogP contribution in [0.3, 0.4) is 0 Å². The van der Waals surface area contributed by atoms with E-state index >= 15 is 0 Å². The van der Waals surface area contributed by atoms with Crippen molar-refractivity contribution in [2.24, 2.45) is 0 Å². The molecular weight excluding hydrogens is 294 g/mol. The van der Waals surface area contributed by atoms with Crippen molar-refractivity contribution in [3.8, 4) is 0 Å². The number of benzene rings is 2. The monoisotopic (exact) mass is 319 g/mol. The van der Waals surface area contributed by atoms with Gasteiger partial charge < -0.3 is 5.32 Å². The van der Waals surface area contributed by atoms with E-state index in [1.165, 1.54) is 39.0 Å². The average Bonchev–Trinajstić information content (AvgIpc) is 2.56. The highest BCUT2D eigenvalue weighted by atomic mass is 16.1. The molecule has 0 saturated carbocycles. The zero-order valence-electron chi connectivity index (χ0n) is 14.9. The molecule has 2 aromatic rings. The first-order valence-electron chi connectivity index (χ1n) is 8.59. The van der Waals surface area contributed by atoms with Crippen LogP contribution in [0.4, 0.5) is 0 Å². The zero-order valence-corrected chi connectivity index (χ0v) is 14.9. The molecule has 0 saturated heterocycles. The first-order chi connectivity index (χ1) is 11.5. The van der Waals surface area contributed by atoms with Crippen molar-refractivity contribution in [3.05, 3.63) is 75.9 Å². The van der Waals surface area contributed by atoms with E-state index in [9.17, 15) is 4.79 Å². The second kappa shape index (κ2) is 6.64. The van der Waals surface area contributed by atoms with E-state index in [0.29, 0.717) is 0 Å². The fraction of sp³-hybridized carbons (Fsp3) is 0.318. The quantitative estimate of drug-likeness (QED) is 0.856. The molecule has 3 rings (SSSR count). The Labute approximate surface area is 144 Å². The van der Waals surface area contributed by atoms with E-state index in [4.69, 9.17) is 0 Å². The van der Waals surface area contributed by atoms with Crippen LogP contribution in [-0.2, 0) is 11.2 Å². The third kappa shape index (κ3) is 3.14. The highest BCUT2D eigenvalue weighted by Crippen LogP contribution is 2.38. The summed E-state index contributed by atoms with van der Waals surface area (Å²) in [4.78, 5) is 11.8. The zero-order chi connectivity index (χ0) is 17.3. The lowest BCUT2D eigenvalue weighted by Gasteiger charge is -2.29. The Morgan fingerprint density at radius 3 is 2.46 bits per heavy atom. The molecule has 24 heavy (non-hydrogen) atoms. The third-order valence-electron chi connectivity index (χ3n) is 5.13. The Hall–Kier alpha value is -2.35. The fourth-order valence-corrected chi connectivity index (χ4v) is 3.61. The van der Waals surface area contributed by atoms with Crippen molar-refractivity contribution in [2.45, 2.75) is 46.6 Å². The molecule has 0 aliphatic heterocycles. The summed E-state index contributed by atoms with van der Waals surface area (Å²) in [6.45, 7) is 8.03. The van der Waals surface area contributed by atoms with Crippen LogP contribution in [0.15, 0.2) is 48.0 Å². The van der Waals surface area contributed by atoms with Crippen molar-refractivity contribution in [3.63, 3.8) is 0 Å². The van der Waals surface area contributed by atoms with Gasteiger partial charge in [-0.05, 0) is 72.6 Å². The number of nitrogens with one attached hydrogen (secondary N) is 1. The molecule has 0 heterocycles. The summed E-state index contributed by atoms with van der Waals surface area (Å²) in [5, 5.41) is 3.18. The number of hydrogen-bond donors (Lipinski definition) is 1. The number of carbonyl (C=O) groups is 1.